The van der Waals surface area contributed by atoms with Gasteiger partial charge in [-0.3, -0.25) is 0 Å². The van der Waals surface area contributed by atoms with Crippen LogP contribution in [0.5, 0.6) is 0 Å². The fraction of sp³-hybridized carbons (Fsp3) is 0.0476. The Morgan fingerprint density at radius 1 is 1.14 bits per heavy atom. The van der Waals surface area contributed by atoms with E-state index in [-0.39, 0.29) is 0 Å². The molecule has 2 N–H and O–H groups in total. The molecule has 7 heteroatoms. The maximum atomic E-state index is 11.7. The highest BCUT2D eigenvalue weighted by Gasteiger charge is 2.13. The number of hydrogen-bond donors (Lipinski definition) is 1. The molecule has 7 nitrogen and oxygen atoms in total. The quantitative estimate of drug-likeness (QED) is 0.439. The van der Waals surface area contributed by atoms with Crippen molar-refractivity contribution in [3.05, 3.63) is 72.1 Å². The van der Waals surface area contributed by atoms with E-state index in [0.29, 0.717) is 28.2 Å². The monoisotopic (exact) mass is 369 g/mol. The Labute approximate surface area is 160 Å². The van der Waals surface area contributed by atoms with Crippen LogP contribution < -0.4 is 5.73 Å². The van der Waals surface area contributed by atoms with Crippen LogP contribution in [0.15, 0.2) is 60.9 Å². The number of aromatic nitrogens is 3. The molecule has 4 aromatic rings. The summed E-state index contributed by atoms with van der Waals surface area (Å²) >= 11 is 0. The van der Waals surface area contributed by atoms with Crippen LogP contribution in [0.3, 0.4) is 0 Å². The van der Waals surface area contributed by atoms with Crippen LogP contribution in [-0.4, -0.2) is 27.7 Å². The molecule has 2 heterocycles. The van der Waals surface area contributed by atoms with E-state index in [2.05, 4.69) is 11.2 Å². The van der Waals surface area contributed by atoms with E-state index in [4.69, 9.17) is 20.7 Å². The Hall–Kier alpha value is -4.18. The van der Waals surface area contributed by atoms with E-state index in [1.807, 2.05) is 24.4 Å². The molecule has 0 radical (unpaired) electrons. The molecule has 0 bridgehead atoms. The first-order valence-corrected chi connectivity index (χ1v) is 8.44. The molecule has 0 saturated carbocycles. The highest BCUT2D eigenvalue weighted by Crippen LogP contribution is 2.27. The Morgan fingerprint density at radius 3 is 2.57 bits per heavy atom. The van der Waals surface area contributed by atoms with Gasteiger partial charge in [0.05, 0.1) is 36.2 Å². The van der Waals surface area contributed by atoms with E-state index < -0.39 is 5.97 Å². The molecule has 0 atom stereocenters. The summed E-state index contributed by atoms with van der Waals surface area (Å²) in [5.41, 5.74) is 11.2. The summed E-state index contributed by atoms with van der Waals surface area (Å²) in [7, 11) is 1.31. The summed E-state index contributed by atoms with van der Waals surface area (Å²) in [5.74, 6) is -0.480. The van der Waals surface area contributed by atoms with Crippen LogP contribution in [-0.2, 0) is 4.74 Å². The summed E-state index contributed by atoms with van der Waals surface area (Å²) in [6.07, 6.45) is 3.55. The predicted molar refractivity (Wildman–Crippen MR) is 104 cm³/mol. The summed E-state index contributed by atoms with van der Waals surface area (Å²) < 4.78 is 6.41. The van der Waals surface area contributed by atoms with Crippen molar-refractivity contribution in [1.29, 1.82) is 5.26 Å². The molecule has 0 aliphatic carbocycles. The number of esters is 1. The molecule has 136 valence electrons. The summed E-state index contributed by atoms with van der Waals surface area (Å²) in [6, 6.07) is 16.3. The van der Waals surface area contributed by atoms with Gasteiger partial charge >= 0.3 is 5.97 Å². The van der Waals surface area contributed by atoms with E-state index in [9.17, 15) is 4.79 Å². The minimum atomic E-state index is -0.480. The largest absolute Gasteiger partial charge is 0.465 e. The molecule has 28 heavy (non-hydrogen) atoms. The second kappa shape index (κ2) is 6.85. The minimum Gasteiger partial charge on any atom is -0.465 e. The Kier molecular flexibility index (Phi) is 4.22. The van der Waals surface area contributed by atoms with Crippen molar-refractivity contribution < 1.29 is 9.53 Å². The van der Waals surface area contributed by atoms with E-state index in [1.54, 1.807) is 41.0 Å². The molecular weight excluding hydrogens is 354 g/mol. The first-order valence-electron chi connectivity index (χ1n) is 8.44. The summed E-state index contributed by atoms with van der Waals surface area (Å²) in [4.78, 5) is 16.4. The van der Waals surface area contributed by atoms with Crippen LogP contribution in [0.4, 0.5) is 5.69 Å². The number of nitrogen functional groups attached to an aromatic ring is 1. The van der Waals surface area contributed by atoms with Gasteiger partial charge in [0, 0.05) is 23.0 Å². The minimum absolute atomic E-state index is 0.315. The topological polar surface area (TPSA) is 106 Å². The first kappa shape index (κ1) is 17.2. The Bertz CT molecular complexity index is 1240. The van der Waals surface area contributed by atoms with Crippen molar-refractivity contribution in [3.63, 3.8) is 0 Å². The van der Waals surface area contributed by atoms with Crippen molar-refractivity contribution in [3.8, 4) is 28.5 Å². The van der Waals surface area contributed by atoms with E-state index >= 15 is 0 Å². The SMILES string of the molecule is COC(=O)c1ccc(-c2ccn3ncc(-c4ccc(C#N)cc4)c3n2)cc1N. The van der Waals surface area contributed by atoms with E-state index in [0.717, 1.165) is 16.7 Å². The number of ether oxygens (including phenoxy) is 1. The van der Waals surface area contributed by atoms with Crippen molar-refractivity contribution in [2.45, 2.75) is 0 Å². The van der Waals surface area contributed by atoms with Crippen LogP contribution in [0, 0.1) is 11.3 Å². The second-order valence-corrected chi connectivity index (χ2v) is 6.12. The zero-order valence-corrected chi connectivity index (χ0v) is 15.0. The number of methoxy groups -OCH3 is 1. The van der Waals surface area contributed by atoms with E-state index in [1.165, 1.54) is 7.11 Å². The number of anilines is 1. The summed E-state index contributed by atoms with van der Waals surface area (Å²) in [6.45, 7) is 0. The Balaban J connectivity index is 1.78. The summed E-state index contributed by atoms with van der Waals surface area (Å²) in [5, 5.41) is 13.3. The standard InChI is InChI=1S/C21H15N5O2/c1-28-21(27)16-7-6-15(10-18(16)23)19-8-9-26-20(25-19)17(12-24-26)14-4-2-13(11-22)3-5-14/h2-10,12H,23H2,1H3. The van der Waals surface area contributed by atoms with Gasteiger partial charge in [0.15, 0.2) is 5.65 Å². The number of hydrogen-bond acceptors (Lipinski definition) is 6. The van der Waals surface area contributed by atoms with Gasteiger partial charge in [0.25, 0.3) is 0 Å². The van der Waals surface area contributed by atoms with Crippen molar-refractivity contribution in [2.75, 3.05) is 12.8 Å². The van der Waals surface area contributed by atoms with Crippen molar-refractivity contribution in [1.82, 2.24) is 14.6 Å². The lowest BCUT2D eigenvalue weighted by Gasteiger charge is -2.07. The highest BCUT2D eigenvalue weighted by molar-refractivity contribution is 5.96. The van der Waals surface area contributed by atoms with Crippen LogP contribution in [0.1, 0.15) is 15.9 Å². The van der Waals surface area contributed by atoms with Gasteiger partial charge in [0.2, 0.25) is 0 Å². The number of nitrogens with two attached hydrogens (primary N) is 1. The fourth-order valence-corrected chi connectivity index (χ4v) is 2.98. The van der Waals surface area contributed by atoms with Gasteiger partial charge in [-0.1, -0.05) is 18.2 Å². The fourth-order valence-electron chi connectivity index (χ4n) is 2.98. The first-order chi connectivity index (χ1) is 13.6. The molecule has 2 aromatic heterocycles. The normalized spacial score (nSPS) is 10.6. The second-order valence-electron chi connectivity index (χ2n) is 6.12. The van der Waals surface area contributed by atoms with Crippen LogP contribution >= 0.6 is 0 Å². The van der Waals surface area contributed by atoms with Gasteiger partial charge in [-0.15, -0.1) is 0 Å². The molecule has 0 fully saturated rings. The molecule has 2 aromatic carbocycles. The lowest BCUT2D eigenvalue weighted by molar-refractivity contribution is 0.0602. The lowest BCUT2D eigenvalue weighted by Crippen LogP contribution is -2.05. The number of carbonyl (C=O) groups excluding carboxylic acids is 1. The van der Waals surface area contributed by atoms with Crippen LogP contribution in [0.2, 0.25) is 0 Å². The van der Waals surface area contributed by atoms with Gasteiger partial charge < -0.3 is 10.5 Å². The average Bonchev–Trinajstić information content (AvgIpc) is 3.16. The Morgan fingerprint density at radius 2 is 1.89 bits per heavy atom. The predicted octanol–water partition coefficient (Wildman–Crippen LogP) is 3.30. The molecule has 4 rings (SSSR count). The molecule has 0 aliphatic heterocycles. The zero-order valence-electron chi connectivity index (χ0n) is 15.0. The van der Waals surface area contributed by atoms with Gasteiger partial charge in [-0.05, 0) is 35.9 Å². The molecule has 0 saturated heterocycles. The lowest BCUT2D eigenvalue weighted by atomic mass is 10.1. The number of carbonyl (C=O) groups is 1. The highest BCUT2D eigenvalue weighted by atomic mass is 16.5. The molecule has 0 unspecified atom stereocenters. The van der Waals surface area contributed by atoms with Gasteiger partial charge in [-0.25, -0.2) is 14.3 Å². The third-order valence-electron chi connectivity index (χ3n) is 4.45. The number of fused-ring (bicyclic) bond motifs is 1. The smallest absolute Gasteiger partial charge is 0.339 e. The van der Waals surface area contributed by atoms with Crippen molar-refractivity contribution >= 4 is 17.3 Å². The number of nitrogens with zero attached hydrogens (tertiary/aromatic N) is 4. The maximum Gasteiger partial charge on any atom is 0.339 e. The third-order valence-corrected chi connectivity index (χ3v) is 4.45. The number of nitriles is 1. The number of rotatable bonds is 3. The molecular formula is C21H15N5O2. The molecule has 0 aliphatic rings. The third kappa shape index (κ3) is 2.93. The molecule has 0 spiro atoms. The average molecular weight is 369 g/mol. The molecule has 0 amide bonds. The van der Waals surface area contributed by atoms with Crippen LogP contribution in [0.25, 0.3) is 28.0 Å². The number of benzene rings is 2. The van der Waals surface area contributed by atoms with Gasteiger partial charge in [-0.2, -0.15) is 10.4 Å². The maximum absolute atomic E-state index is 11.7. The zero-order chi connectivity index (χ0) is 19.7. The van der Waals surface area contributed by atoms with Crippen molar-refractivity contribution in [2.24, 2.45) is 0 Å². The van der Waals surface area contributed by atoms with Gasteiger partial charge in [0.1, 0.15) is 0 Å².